The van der Waals surface area contributed by atoms with Gasteiger partial charge in [-0.3, -0.25) is 14.5 Å². The smallest absolute Gasteiger partial charge is 0.248 e. The van der Waals surface area contributed by atoms with Gasteiger partial charge >= 0.3 is 0 Å². The first kappa shape index (κ1) is 15.1. The van der Waals surface area contributed by atoms with Gasteiger partial charge < -0.3 is 10.1 Å². The van der Waals surface area contributed by atoms with Gasteiger partial charge in [0.1, 0.15) is 11.8 Å². The van der Waals surface area contributed by atoms with Gasteiger partial charge in [-0.25, -0.2) is 0 Å². The molecule has 118 valence electrons. The topological polar surface area (TPSA) is 58.6 Å². The molecular weight excluding hydrogens is 292 g/mol. The van der Waals surface area contributed by atoms with Crippen molar-refractivity contribution in [2.75, 3.05) is 17.3 Å². The first-order valence-electron chi connectivity index (χ1n) is 7.43. The Kier molecular flexibility index (Phi) is 4.02. The maximum absolute atomic E-state index is 12.7. The van der Waals surface area contributed by atoms with E-state index in [2.05, 4.69) is 5.32 Å². The summed E-state index contributed by atoms with van der Waals surface area (Å²) < 4.78 is 5.25. The molecule has 1 heterocycles. The second-order valence-electron chi connectivity index (χ2n) is 5.43. The van der Waals surface area contributed by atoms with Crippen molar-refractivity contribution in [3.05, 3.63) is 54.1 Å². The molecule has 3 rings (SSSR count). The molecule has 0 bridgehead atoms. The number of anilines is 2. The Morgan fingerprint density at radius 2 is 1.83 bits per heavy atom. The second kappa shape index (κ2) is 6.12. The quantitative estimate of drug-likeness (QED) is 0.948. The van der Waals surface area contributed by atoms with Crippen molar-refractivity contribution < 1.29 is 14.3 Å². The Balaban J connectivity index is 1.87. The minimum absolute atomic E-state index is 0.143. The van der Waals surface area contributed by atoms with Crippen molar-refractivity contribution in [2.24, 2.45) is 0 Å². The van der Waals surface area contributed by atoms with Crippen molar-refractivity contribution in [3.8, 4) is 5.75 Å². The van der Waals surface area contributed by atoms with Crippen LogP contribution in [0.5, 0.6) is 5.75 Å². The van der Waals surface area contributed by atoms with E-state index in [-0.39, 0.29) is 11.8 Å². The van der Waals surface area contributed by atoms with Crippen LogP contribution in [0.1, 0.15) is 12.5 Å². The summed E-state index contributed by atoms with van der Waals surface area (Å²) in [6, 6.07) is 14.3. The molecule has 1 atom stereocenters. The van der Waals surface area contributed by atoms with Crippen LogP contribution in [0, 0.1) is 0 Å². The van der Waals surface area contributed by atoms with Crippen molar-refractivity contribution in [2.45, 2.75) is 19.4 Å². The Morgan fingerprint density at radius 1 is 1.13 bits per heavy atom. The fourth-order valence-corrected chi connectivity index (χ4v) is 2.95. The largest absolute Gasteiger partial charge is 0.495 e. The number of carbonyl (C=O) groups excluding carboxylic acids is 2. The molecule has 0 aromatic heterocycles. The number of amides is 2. The number of rotatable bonds is 3. The highest BCUT2D eigenvalue weighted by Gasteiger charge is 2.36. The van der Waals surface area contributed by atoms with Crippen LogP contribution in [0.3, 0.4) is 0 Å². The van der Waals surface area contributed by atoms with Crippen molar-refractivity contribution in [1.29, 1.82) is 0 Å². The Morgan fingerprint density at radius 3 is 2.57 bits per heavy atom. The number of ether oxygens (including phenoxy) is 1. The predicted octanol–water partition coefficient (Wildman–Crippen LogP) is 2.61. The van der Waals surface area contributed by atoms with E-state index in [9.17, 15) is 9.59 Å². The van der Waals surface area contributed by atoms with E-state index in [0.29, 0.717) is 17.9 Å². The molecule has 1 aliphatic heterocycles. The molecule has 5 nitrogen and oxygen atoms in total. The average molecular weight is 310 g/mol. The lowest BCUT2D eigenvalue weighted by Gasteiger charge is -2.23. The normalized spacial score (nSPS) is 15.9. The molecule has 0 aliphatic carbocycles. The van der Waals surface area contributed by atoms with Crippen molar-refractivity contribution >= 4 is 23.2 Å². The van der Waals surface area contributed by atoms with E-state index in [0.717, 1.165) is 11.3 Å². The number of nitrogens with zero attached hydrogens (tertiary/aromatic N) is 1. The molecule has 1 N–H and O–H groups in total. The van der Waals surface area contributed by atoms with E-state index in [1.54, 1.807) is 24.1 Å². The summed E-state index contributed by atoms with van der Waals surface area (Å²) in [5.74, 6) is 0.224. The third-order valence-electron chi connectivity index (χ3n) is 3.98. The molecule has 0 fully saturated rings. The minimum atomic E-state index is -0.546. The summed E-state index contributed by atoms with van der Waals surface area (Å²) in [6.45, 7) is 1.48. The van der Waals surface area contributed by atoms with Crippen LogP contribution < -0.4 is 15.0 Å². The summed E-state index contributed by atoms with van der Waals surface area (Å²) in [7, 11) is 1.55. The zero-order chi connectivity index (χ0) is 16.4. The van der Waals surface area contributed by atoms with E-state index >= 15 is 0 Å². The summed E-state index contributed by atoms with van der Waals surface area (Å²) in [5.41, 5.74) is 2.41. The Bertz CT molecular complexity index is 757. The highest BCUT2D eigenvalue weighted by molar-refractivity contribution is 6.07. The fourth-order valence-electron chi connectivity index (χ4n) is 2.95. The zero-order valence-electron chi connectivity index (χ0n) is 13.1. The second-order valence-corrected chi connectivity index (χ2v) is 5.43. The molecule has 0 unspecified atom stereocenters. The van der Waals surface area contributed by atoms with E-state index < -0.39 is 6.04 Å². The highest BCUT2D eigenvalue weighted by Crippen LogP contribution is 2.33. The van der Waals surface area contributed by atoms with Crippen LogP contribution in [0.2, 0.25) is 0 Å². The zero-order valence-corrected chi connectivity index (χ0v) is 13.1. The standard InChI is InChI=1S/C18H18N2O3/c1-12(21)20-15-9-5-3-7-13(15)11-16(20)18(22)19-14-8-4-6-10-17(14)23-2/h3-10,16H,11H2,1-2H3,(H,19,22)/t16-/m0/s1. The molecule has 2 amide bonds. The molecule has 0 radical (unpaired) electrons. The van der Waals surface area contributed by atoms with Gasteiger partial charge in [0.2, 0.25) is 11.8 Å². The molecule has 1 aliphatic rings. The number of carbonyl (C=O) groups is 2. The predicted molar refractivity (Wildman–Crippen MR) is 88.7 cm³/mol. The van der Waals surface area contributed by atoms with Crippen molar-refractivity contribution in [1.82, 2.24) is 0 Å². The third-order valence-corrected chi connectivity index (χ3v) is 3.98. The van der Waals surface area contributed by atoms with Crippen LogP contribution >= 0.6 is 0 Å². The summed E-state index contributed by atoms with van der Waals surface area (Å²) in [5, 5.41) is 2.87. The van der Waals surface area contributed by atoms with Crippen LogP contribution in [0.25, 0.3) is 0 Å². The molecule has 2 aromatic rings. The third kappa shape index (κ3) is 2.77. The van der Waals surface area contributed by atoms with E-state index in [1.165, 1.54) is 6.92 Å². The van der Waals surface area contributed by atoms with Gasteiger partial charge in [0.25, 0.3) is 0 Å². The van der Waals surface area contributed by atoms with Gasteiger partial charge in [0.05, 0.1) is 12.8 Å². The highest BCUT2D eigenvalue weighted by atomic mass is 16.5. The maximum atomic E-state index is 12.7. The number of nitrogens with one attached hydrogen (secondary N) is 1. The maximum Gasteiger partial charge on any atom is 0.248 e. The molecule has 5 heteroatoms. The first-order valence-corrected chi connectivity index (χ1v) is 7.43. The molecule has 0 saturated carbocycles. The lowest BCUT2D eigenvalue weighted by Crippen LogP contribution is -2.44. The number of benzene rings is 2. The molecule has 23 heavy (non-hydrogen) atoms. The van der Waals surface area contributed by atoms with Crippen molar-refractivity contribution in [3.63, 3.8) is 0 Å². The lowest BCUT2D eigenvalue weighted by molar-refractivity contribution is -0.122. The monoisotopic (exact) mass is 310 g/mol. The number of methoxy groups -OCH3 is 1. The number of hydrogen-bond donors (Lipinski definition) is 1. The van der Waals surface area contributed by atoms with Crippen LogP contribution in [-0.4, -0.2) is 25.0 Å². The molecular formula is C18H18N2O3. The van der Waals surface area contributed by atoms with Gasteiger partial charge in [-0.15, -0.1) is 0 Å². The van der Waals surface area contributed by atoms with E-state index in [1.807, 2.05) is 36.4 Å². The molecule has 2 aromatic carbocycles. The number of hydrogen-bond acceptors (Lipinski definition) is 3. The number of fused-ring (bicyclic) bond motifs is 1. The van der Waals surface area contributed by atoms with Gasteiger partial charge in [-0.05, 0) is 23.8 Å². The summed E-state index contributed by atoms with van der Waals surface area (Å²) in [6.07, 6.45) is 0.511. The average Bonchev–Trinajstić information content (AvgIpc) is 2.95. The molecule has 0 saturated heterocycles. The summed E-state index contributed by atoms with van der Waals surface area (Å²) >= 11 is 0. The van der Waals surface area contributed by atoms with Crippen LogP contribution in [0.15, 0.2) is 48.5 Å². The van der Waals surface area contributed by atoms with Crippen LogP contribution in [0.4, 0.5) is 11.4 Å². The van der Waals surface area contributed by atoms with Crippen LogP contribution in [-0.2, 0) is 16.0 Å². The fraction of sp³-hybridized carbons (Fsp3) is 0.222. The minimum Gasteiger partial charge on any atom is -0.495 e. The Labute approximate surface area is 134 Å². The summed E-state index contributed by atoms with van der Waals surface area (Å²) in [4.78, 5) is 26.3. The number of para-hydroxylation sites is 3. The Hall–Kier alpha value is -2.82. The lowest BCUT2D eigenvalue weighted by atomic mass is 10.1. The SMILES string of the molecule is COc1ccccc1NC(=O)[C@@H]1Cc2ccccc2N1C(C)=O. The van der Waals surface area contributed by atoms with Gasteiger partial charge in [0.15, 0.2) is 0 Å². The first-order chi connectivity index (χ1) is 11.1. The van der Waals surface area contributed by atoms with E-state index in [4.69, 9.17) is 4.74 Å². The molecule has 0 spiro atoms. The van der Waals surface area contributed by atoms with Gasteiger partial charge in [-0.1, -0.05) is 30.3 Å². The van der Waals surface area contributed by atoms with Gasteiger partial charge in [0, 0.05) is 19.0 Å². The van der Waals surface area contributed by atoms with Gasteiger partial charge in [-0.2, -0.15) is 0 Å².